The summed E-state index contributed by atoms with van der Waals surface area (Å²) in [4.78, 5) is 3.99. The molecule has 0 aliphatic carbocycles. The Balaban J connectivity index is 3.03. The van der Waals surface area contributed by atoms with Crippen LogP contribution in [-0.4, -0.2) is 4.98 Å². The quantitative estimate of drug-likeness (QED) is 0.484. The Bertz CT molecular complexity index is 143. The van der Waals surface area contributed by atoms with Crippen LogP contribution >= 0.6 is 0 Å². The average molecular weight is 105 g/mol. The normalized spacial score (nSPS) is 8.25. The highest BCUT2D eigenvalue weighted by Gasteiger charge is 1.78. The second kappa shape index (κ2) is 1.83. The minimum atomic E-state index is 0.899. The Hall–Kier alpha value is -1.03. The van der Waals surface area contributed by atoms with Crippen LogP contribution in [0.3, 0.4) is 0 Å². The van der Waals surface area contributed by atoms with Crippen LogP contribution in [0, 0.1) is 26.0 Å². The van der Waals surface area contributed by atoms with E-state index in [9.17, 15) is 0 Å². The molecule has 1 aromatic rings. The van der Waals surface area contributed by atoms with Crippen LogP contribution in [-0.2, 0) is 0 Å². The lowest BCUT2D eigenvalue weighted by atomic mass is 10.3. The molecule has 1 heterocycles. The van der Waals surface area contributed by atoms with Crippen molar-refractivity contribution < 1.29 is 0 Å². The summed E-state index contributed by atoms with van der Waals surface area (Å²) in [5.41, 5.74) is 1.94. The Morgan fingerprint density at radius 2 is 2.12 bits per heavy atom. The molecular formula is C7H7N. The zero-order chi connectivity index (χ0) is 5.98. The molecule has 0 aliphatic heterocycles. The number of hydrogen-bond acceptors (Lipinski definition) is 1. The van der Waals surface area contributed by atoms with Gasteiger partial charge in [-0.3, -0.25) is 4.98 Å². The maximum atomic E-state index is 3.99. The topological polar surface area (TPSA) is 12.9 Å². The van der Waals surface area contributed by atoms with Crippen molar-refractivity contribution in [1.29, 1.82) is 0 Å². The van der Waals surface area contributed by atoms with E-state index in [2.05, 4.69) is 17.1 Å². The van der Waals surface area contributed by atoms with Gasteiger partial charge in [-0.25, -0.2) is 0 Å². The number of aryl methyl sites for hydroxylation is 2. The van der Waals surface area contributed by atoms with Gasteiger partial charge in [0, 0.05) is 11.8 Å². The van der Waals surface area contributed by atoms with Crippen LogP contribution in [0.5, 0.6) is 0 Å². The van der Waals surface area contributed by atoms with Gasteiger partial charge in [-0.15, -0.1) is 0 Å². The first-order valence-corrected chi connectivity index (χ1v) is 2.52. The van der Waals surface area contributed by atoms with Crippen LogP contribution in [0.4, 0.5) is 0 Å². The fraction of sp³-hybridized carbons (Fsp3) is 0.286. The fourth-order valence-corrected chi connectivity index (χ4v) is 0.447. The molecule has 0 fully saturated rings. The predicted molar refractivity (Wildman–Crippen MR) is 31.4 cm³/mol. The van der Waals surface area contributed by atoms with Crippen LogP contribution in [0.1, 0.15) is 11.3 Å². The average Bonchev–Trinajstić information content (AvgIpc) is 1.77. The number of aromatic nitrogens is 1. The molecule has 0 aliphatic rings. The van der Waals surface area contributed by atoms with Gasteiger partial charge in [0.05, 0.1) is 5.69 Å². The third-order valence-corrected chi connectivity index (χ3v) is 0.892. The highest BCUT2D eigenvalue weighted by atomic mass is 14.6. The Morgan fingerprint density at radius 3 is 2.50 bits per heavy atom. The maximum absolute atomic E-state index is 3.99. The van der Waals surface area contributed by atoms with Crippen molar-refractivity contribution in [2.45, 2.75) is 13.8 Å². The molecule has 0 saturated carbocycles. The van der Waals surface area contributed by atoms with Gasteiger partial charge in [-0.1, -0.05) is 6.07 Å². The first-order chi connectivity index (χ1) is 3.79. The van der Waals surface area contributed by atoms with Crippen LogP contribution in [0.25, 0.3) is 0 Å². The lowest BCUT2D eigenvalue weighted by Crippen LogP contribution is -1.75. The van der Waals surface area contributed by atoms with Gasteiger partial charge in [0.1, 0.15) is 0 Å². The zero-order valence-corrected chi connectivity index (χ0v) is 5.02. The molecule has 0 radical (unpaired) electrons. The van der Waals surface area contributed by atoms with E-state index in [1.807, 2.05) is 13.8 Å². The smallest absolute Gasteiger partial charge is 0.0872 e. The van der Waals surface area contributed by atoms with Gasteiger partial charge in [0.25, 0.3) is 0 Å². The van der Waals surface area contributed by atoms with Gasteiger partial charge in [0.2, 0.25) is 0 Å². The molecule has 0 unspecified atom stereocenters. The molecule has 1 heteroatoms. The third-order valence-electron chi connectivity index (χ3n) is 0.892. The van der Waals surface area contributed by atoms with Crippen molar-refractivity contribution in [3.8, 4) is 0 Å². The first kappa shape index (κ1) is 5.11. The van der Waals surface area contributed by atoms with Gasteiger partial charge in [-0.2, -0.15) is 0 Å². The summed E-state index contributed by atoms with van der Waals surface area (Å²) in [6.45, 7) is 3.85. The van der Waals surface area contributed by atoms with E-state index in [-0.39, 0.29) is 0 Å². The first-order valence-electron chi connectivity index (χ1n) is 2.52. The zero-order valence-electron chi connectivity index (χ0n) is 5.02. The lowest BCUT2D eigenvalue weighted by Gasteiger charge is -1.82. The highest BCUT2D eigenvalue weighted by Crippen LogP contribution is 1.87. The van der Waals surface area contributed by atoms with Crippen molar-refractivity contribution >= 4 is 0 Å². The minimum Gasteiger partial charge on any atom is -0.252 e. The molecule has 0 bridgehead atoms. The second-order valence-corrected chi connectivity index (χ2v) is 1.78. The van der Waals surface area contributed by atoms with E-state index in [4.69, 9.17) is 0 Å². The Morgan fingerprint density at radius 1 is 1.38 bits per heavy atom. The molecule has 0 atom stereocenters. The maximum Gasteiger partial charge on any atom is 0.0872 e. The summed E-state index contributed by atoms with van der Waals surface area (Å²) >= 11 is 0. The third kappa shape index (κ3) is 0.974. The van der Waals surface area contributed by atoms with E-state index in [0.29, 0.717) is 0 Å². The number of rotatable bonds is 0. The van der Waals surface area contributed by atoms with Crippen molar-refractivity contribution in [2.24, 2.45) is 0 Å². The van der Waals surface area contributed by atoms with E-state index in [0.717, 1.165) is 11.3 Å². The van der Waals surface area contributed by atoms with E-state index in [1.165, 1.54) is 0 Å². The summed E-state index contributed by atoms with van der Waals surface area (Å²) in [7, 11) is 0. The summed E-state index contributed by atoms with van der Waals surface area (Å²) in [6.07, 6.45) is 1.78. The molecule has 0 amide bonds. The van der Waals surface area contributed by atoms with E-state index >= 15 is 0 Å². The molecule has 1 nitrogen and oxygen atoms in total. The highest BCUT2D eigenvalue weighted by molar-refractivity contribution is 5.00. The Labute approximate surface area is 49.4 Å². The molecule has 1 rings (SSSR count). The summed E-state index contributed by atoms with van der Waals surface area (Å²) in [5, 5.41) is 0. The van der Waals surface area contributed by atoms with Crippen molar-refractivity contribution in [2.75, 3.05) is 0 Å². The minimum absolute atomic E-state index is 0.899. The largest absolute Gasteiger partial charge is 0.252 e. The molecule has 0 N–H and O–H groups in total. The van der Waals surface area contributed by atoms with Crippen molar-refractivity contribution in [1.82, 2.24) is 4.98 Å². The standard InChI is InChI=1S/C7H7N/c1-6-3-4-7(2)8-5-6/h5H,1-2H3. The number of hydrogen-bond donors (Lipinski definition) is 0. The molecule has 0 saturated heterocycles. The predicted octanol–water partition coefficient (Wildman–Crippen LogP) is 1.30. The van der Waals surface area contributed by atoms with E-state index in [1.54, 1.807) is 6.20 Å². The second-order valence-electron chi connectivity index (χ2n) is 1.78. The lowest BCUT2D eigenvalue weighted by molar-refractivity contribution is 1.18. The summed E-state index contributed by atoms with van der Waals surface area (Å²) < 4.78 is 0. The SMILES string of the molecule is Cc1c#cc(C)nc1. The van der Waals surface area contributed by atoms with Crippen molar-refractivity contribution in [3.63, 3.8) is 0 Å². The van der Waals surface area contributed by atoms with Gasteiger partial charge < -0.3 is 0 Å². The summed E-state index contributed by atoms with van der Waals surface area (Å²) in [6, 6.07) is 5.78. The molecule has 0 spiro atoms. The van der Waals surface area contributed by atoms with Crippen LogP contribution in [0.15, 0.2) is 6.20 Å². The van der Waals surface area contributed by atoms with Crippen LogP contribution in [0.2, 0.25) is 0 Å². The Kier molecular flexibility index (Phi) is 1.17. The fourth-order valence-electron chi connectivity index (χ4n) is 0.447. The molecule has 1 aromatic heterocycles. The number of nitrogens with zero attached hydrogens (tertiary/aromatic N) is 1. The molecular weight excluding hydrogens is 98.1 g/mol. The molecule has 8 heavy (non-hydrogen) atoms. The molecule has 40 valence electrons. The van der Waals surface area contributed by atoms with E-state index < -0.39 is 0 Å². The molecule has 0 aromatic carbocycles. The van der Waals surface area contributed by atoms with Crippen molar-refractivity contribution in [3.05, 3.63) is 29.6 Å². The summed E-state index contributed by atoms with van der Waals surface area (Å²) in [5.74, 6) is 0. The van der Waals surface area contributed by atoms with Gasteiger partial charge in [0.15, 0.2) is 0 Å². The van der Waals surface area contributed by atoms with Crippen LogP contribution < -0.4 is 0 Å². The van der Waals surface area contributed by atoms with Gasteiger partial charge >= 0.3 is 0 Å². The monoisotopic (exact) mass is 105 g/mol. The van der Waals surface area contributed by atoms with Gasteiger partial charge in [-0.05, 0) is 19.9 Å².